The van der Waals surface area contributed by atoms with Gasteiger partial charge in [0.05, 0.1) is 68.6 Å². The van der Waals surface area contributed by atoms with Crippen molar-refractivity contribution in [3.8, 4) is 28.7 Å². The molecule has 0 aliphatic carbocycles. The van der Waals surface area contributed by atoms with Gasteiger partial charge in [0.15, 0.2) is 23.0 Å². The molecule has 4 heterocycles. The molecule has 2 amide bonds. The number of carbonyl (C=O) groups excluding carboxylic acids is 2. The standard InChI is InChI=1S/C46H48N6O7/c1-50(2)14-6-15-57-36-12-10-29(11-13-36)31-19-34-25-48-39-23-43(41(55-3)21-37(39)45(53)51(34)27-31)58-16-7-17-59-44-24-40-38(22-42(44)56-4)46(54)52-28-32(20-35(52)26-49-40)30-8-5-9-33(47)18-30/h5,8-13,18,21-28,34-35H,6-7,14-17,19-20,47H2,1-4H3/t34-,35-/m0/s1. The fourth-order valence-corrected chi connectivity index (χ4v) is 7.64. The molecule has 0 fully saturated rings. The number of nitrogens with zero attached hydrogens (tertiary/aromatic N) is 5. The molecule has 304 valence electrons. The first kappa shape index (κ1) is 39.2. The second-order valence-corrected chi connectivity index (χ2v) is 15.1. The van der Waals surface area contributed by atoms with Crippen molar-refractivity contribution in [3.05, 3.63) is 107 Å². The van der Waals surface area contributed by atoms with Gasteiger partial charge in [-0.25, -0.2) is 0 Å². The van der Waals surface area contributed by atoms with Crippen molar-refractivity contribution < 1.29 is 33.3 Å². The maximum Gasteiger partial charge on any atom is 0.260 e. The van der Waals surface area contributed by atoms with Crippen LogP contribution in [-0.2, 0) is 0 Å². The van der Waals surface area contributed by atoms with Crippen molar-refractivity contribution in [2.75, 3.05) is 60.4 Å². The highest BCUT2D eigenvalue weighted by Gasteiger charge is 2.35. The van der Waals surface area contributed by atoms with Gasteiger partial charge in [-0.2, -0.15) is 0 Å². The van der Waals surface area contributed by atoms with Crippen LogP contribution in [0.2, 0.25) is 0 Å². The van der Waals surface area contributed by atoms with Crippen LogP contribution in [0.1, 0.15) is 57.5 Å². The second kappa shape index (κ2) is 17.1. The molecule has 0 unspecified atom stereocenters. The molecule has 13 heteroatoms. The molecule has 8 rings (SSSR count). The van der Waals surface area contributed by atoms with Gasteiger partial charge in [0.1, 0.15) is 5.75 Å². The number of carbonyl (C=O) groups is 2. The lowest BCUT2D eigenvalue weighted by Crippen LogP contribution is -2.32. The van der Waals surface area contributed by atoms with Crippen molar-refractivity contribution in [1.82, 2.24) is 14.7 Å². The summed E-state index contributed by atoms with van der Waals surface area (Å²) in [5.74, 6) is 2.31. The number of ether oxygens (including phenoxy) is 5. The van der Waals surface area contributed by atoms with Crippen LogP contribution in [0.25, 0.3) is 11.1 Å². The molecule has 59 heavy (non-hydrogen) atoms. The number of amides is 2. The topological polar surface area (TPSA) is 141 Å². The van der Waals surface area contributed by atoms with E-state index in [-0.39, 0.29) is 23.9 Å². The summed E-state index contributed by atoms with van der Waals surface area (Å²) in [5, 5.41) is 0. The summed E-state index contributed by atoms with van der Waals surface area (Å²) in [5.41, 5.74) is 12.7. The van der Waals surface area contributed by atoms with Crippen LogP contribution in [-0.4, -0.2) is 106 Å². The molecule has 4 aromatic rings. The van der Waals surface area contributed by atoms with Crippen LogP contribution in [0.15, 0.2) is 95.2 Å². The summed E-state index contributed by atoms with van der Waals surface area (Å²) in [6, 6.07) is 22.1. The third-order valence-electron chi connectivity index (χ3n) is 10.7. The van der Waals surface area contributed by atoms with Crippen molar-refractivity contribution in [1.29, 1.82) is 0 Å². The van der Waals surface area contributed by atoms with Crippen molar-refractivity contribution >= 4 is 52.5 Å². The van der Waals surface area contributed by atoms with Gasteiger partial charge >= 0.3 is 0 Å². The highest BCUT2D eigenvalue weighted by molar-refractivity contribution is 6.06. The minimum absolute atomic E-state index is 0.156. The lowest BCUT2D eigenvalue weighted by Gasteiger charge is -2.19. The van der Waals surface area contributed by atoms with Crippen molar-refractivity contribution in [3.63, 3.8) is 0 Å². The Morgan fingerprint density at radius 3 is 1.73 bits per heavy atom. The quantitative estimate of drug-likeness (QED) is 0.0963. The number of benzene rings is 4. The fourth-order valence-electron chi connectivity index (χ4n) is 7.64. The molecule has 0 bridgehead atoms. The molecular weight excluding hydrogens is 749 g/mol. The van der Waals surface area contributed by atoms with Gasteiger partial charge in [0.2, 0.25) is 0 Å². The Bertz CT molecular complexity index is 2370. The summed E-state index contributed by atoms with van der Waals surface area (Å²) < 4.78 is 29.5. The number of nitrogens with two attached hydrogens (primary N) is 1. The molecule has 13 nitrogen and oxygen atoms in total. The van der Waals surface area contributed by atoms with Gasteiger partial charge in [0.25, 0.3) is 11.8 Å². The third kappa shape index (κ3) is 8.37. The van der Waals surface area contributed by atoms with Crippen LogP contribution in [0.3, 0.4) is 0 Å². The Balaban J connectivity index is 0.879. The number of anilines is 1. The predicted octanol–water partition coefficient (Wildman–Crippen LogP) is 7.41. The molecule has 0 saturated heterocycles. The predicted molar refractivity (Wildman–Crippen MR) is 229 cm³/mol. The number of methoxy groups -OCH3 is 2. The van der Waals surface area contributed by atoms with Gasteiger partial charge in [-0.15, -0.1) is 0 Å². The van der Waals surface area contributed by atoms with Crippen LogP contribution < -0.4 is 29.4 Å². The summed E-state index contributed by atoms with van der Waals surface area (Å²) in [6.07, 6.45) is 10.2. The molecule has 0 aromatic heterocycles. The summed E-state index contributed by atoms with van der Waals surface area (Å²) >= 11 is 0. The molecule has 2 N–H and O–H groups in total. The van der Waals surface area contributed by atoms with E-state index in [1.165, 1.54) is 0 Å². The van der Waals surface area contributed by atoms with Crippen molar-refractivity contribution in [2.24, 2.45) is 9.98 Å². The monoisotopic (exact) mass is 796 g/mol. The lowest BCUT2D eigenvalue weighted by atomic mass is 10.0. The summed E-state index contributed by atoms with van der Waals surface area (Å²) in [7, 11) is 7.19. The van der Waals surface area contributed by atoms with E-state index in [9.17, 15) is 9.59 Å². The maximum atomic E-state index is 13.9. The van der Waals surface area contributed by atoms with Gasteiger partial charge in [-0.3, -0.25) is 19.6 Å². The Labute approximate surface area is 344 Å². The van der Waals surface area contributed by atoms with E-state index in [2.05, 4.69) is 19.0 Å². The third-order valence-corrected chi connectivity index (χ3v) is 10.7. The molecule has 4 aliphatic heterocycles. The molecule has 0 radical (unpaired) electrons. The zero-order chi connectivity index (χ0) is 41.0. The van der Waals surface area contributed by atoms with E-state index >= 15 is 0 Å². The molecule has 4 aliphatic rings. The summed E-state index contributed by atoms with van der Waals surface area (Å²) in [4.78, 5) is 42.7. The largest absolute Gasteiger partial charge is 0.494 e. The molecular formula is C46H48N6O7. The number of rotatable bonds is 15. The normalized spacial score (nSPS) is 17.7. The fraction of sp³-hybridized carbons (Fsp3) is 0.304. The van der Waals surface area contributed by atoms with E-state index in [1.807, 2.05) is 67.1 Å². The smallest absolute Gasteiger partial charge is 0.260 e. The van der Waals surface area contributed by atoms with Gasteiger partial charge in [0, 0.05) is 68.5 Å². The first-order chi connectivity index (χ1) is 28.7. The minimum atomic E-state index is -0.215. The Hall–Kier alpha value is -6.60. The highest BCUT2D eigenvalue weighted by Crippen LogP contribution is 2.42. The highest BCUT2D eigenvalue weighted by atomic mass is 16.5. The molecule has 0 spiro atoms. The van der Waals surface area contributed by atoms with Crippen LogP contribution in [0.5, 0.6) is 28.7 Å². The Kier molecular flexibility index (Phi) is 11.4. The molecule has 4 aromatic carbocycles. The van der Waals surface area contributed by atoms with Crippen LogP contribution >= 0.6 is 0 Å². The zero-order valence-electron chi connectivity index (χ0n) is 33.7. The Morgan fingerprint density at radius 2 is 1.20 bits per heavy atom. The number of nitrogen functional groups attached to an aromatic ring is 1. The van der Waals surface area contributed by atoms with E-state index in [0.29, 0.717) is 90.3 Å². The van der Waals surface area contributed by atoms with Crippen molar-refractivity contribution in [2.45, 2.75) is 37.8 Å². The average molecular weight is 797 g/mol. The number of hydrogen-bond acceptors (Lipinski definition) is 11. The van der Waals surface area contributed by atoms with Gasteiger partial charge in [-0.1, -0.05) is 24.3 Å². The van der Waals surface area contributed by atoms with Crippen LogP contribution in [0.4, 0.5) is 17.1 Å². The first-order valence-electron chi connectivity index (χ1n) is 19.8. The molecule has 0 saturated carbocycles. The average Bonchev–Trinajstić information content (AvgIpc) is 3.82. The lowest BCUT2D eigenvalue weighted by molar-refractivity contribution is 0.0809. The maximum absolute atomic E-state index is 13.9. The second-order valence-electron chi connectivity index (χ2n) is 15.1. The SMILES string of the molecule is COc1cc2c(cc1OCCCOc1cc3c(cc1OC)C(=O)N1C=C(c4cccc(N)c4)C[C@H]1C=N3)N=C[C@@H]1CC(c3ccc(OCCCN(C)C)cc3)=CN1C2=O. The van der Waals surface area contributed by atoms with Crippen LogP contribution in [0, 0.1) is 0 Å². The zero-order valence-corrected chi connectivity index (χ0v) is 33.7. The van der Waals surface area contributed by atoms with Gasteiger partial charge < -0.3 is 44.1 Å². The number of fused-ring (bicyclic) bond motifs is 4. The number of aliphatic imine (C=N–C) groups is 2. The van der Waals surface area contributed by atoms with E-state index in [0.717, 1.165) is 41.0 Å². The van der Waals surface area contributed by atoms with E-state index < -0.39 is 0 Å². The number of hydrogen-bond donors (Lipinski definition) is 1. The van der Waals surface area contributed by atoms with Gasteiger partial charge in [-0.05, 0) is 79.2 Å². The first-order valence-corrected chi connectivity index (χ1v) is 19.8. The van der Waals surface area contributed by atoms with E-state index in [4.69, 9.17) is 39.4 Å². The minimum Gasteiger partial charge on any atom is -0.494 e. The summed E-state index contributed by atoms with van der Waals surface area (Å²) in [6.45, 7) is 2.23. The van der Waals surface area contributed by atoms with E-state index in [1.54, 1.807) is 54.5 Å². The molecule has 2 atom stereocenters. The Morgan fingerprint density at radius 1 is 0.661 bits per heavy atom.